The van der Waals surface area contributed by atoms with E-state index in [1.165, 1.54) is 0 Å². The first-order chi connectivity index (χ1) is 14.2. The topological polar surface area (TPSA) is 90.8 Å². The molecule has 5 heterocycles. The molecule has 5 aromatic rings. The first-order valence-electron chi connectivity index (χ1n) is 9.21. The van der Waals surface area contributed by atoms with Crippen LogP contribution in [0.4, 0.5) is 5.82 Å². The van der Waals surface area contributed by atoms with E-state index >= 15 is 0 Å². The normalized spacial score (nSPS) is 11.2. The Morgan fingerprint density at radius 2 is 2.00 bits per heavy atom. The van der Waals surface area contributed by atoms with Gasteiger partial charge >= 0.3 is 0 Å². The van der Waals surface area contributed by atoms with Gasteiger partial charge in [0, 0.05) is 48.9 Å². The van der Waals surface area contributed by atoms with Crippen molar-refractivity contribution in [1.29, 1.82) is 0 Å². The van der Waals surface area contributed by atoms with Gasteiger partial charge in [-0.15, -0.1) is 5.10 Å². The molecule has 0 atom stereocenters. The summed E-state index contributed by atoms with van der Waals surface area (Å²) in [5.41, 5.74) is 4.69. The van der Waals surface area contributed by atoms with E-state index in [0.717, 1.165) is 39.8 Å². The fourth-order valence-corrected chi connectivity index (χ4v) is 3.22. The molecule has 5 aromatic heterocycles. The van der Waals surface area contributed by atoms with Gasteiger partial charge in [-0.25, -0.2) is 19.2 Å². The lowest BCUT2D eigenvalue weighted by atomic mass is 10.2. The summed E-state index contributed by atoms with van der Waals surface area (Å²) in [7, 11) is 1.90. The molecule has 144 valence electrons. The molecule has 0 amide bonds. The second-order valence-electron chi connectivity index (χ2n) is 6.82. The van der Waals surface area contributed by atoms with E-state index in [1.54, 1.807) is 15.5 Å². The van der Waals surface area contributed by atoms with Crippen LogP contribution in [0.3, 0.4) is 0 Å². The zero-order valence-corrected chi connectivity index (χ0v) is 16.1. The van der Waals surface area contributed by atoms with Crippen LogP contribution in [0.5, 0.6) is 0 Å². The lowest BCUT2D eigenvalue weighted by molar-refractivity contribution is 0.767. The molecular formula is C20H19N9. The third-order valence-corrected chi connectivity index (χ3v) is 4.60. The summed E-state index contributed by atoms with van der Waals surface area (Å²) < 4.78 is 5.38. The maximum atomic E-state index is 4.76. The molecule has 0 bridgehead atoms. The zero-order chi connectivity index (χ0) is 19.8. The number of fused-ring (bicyclic) bond motifs is 1. The van der Waals surface area contributed by atoms with Crippen LogP contribution in [0.1, 0.15) is 11.3 Å². The summed E-state index contributed by atoms with van der Waals surface area (Å²) >= 11 is 0. The van der Waals surface area contributed by atoms with E-state index in [-0.39, 0.29) is 0 Å². The second kappa shape index (κ2) is 6.86. The van der Waals surface area contributed by atoms with Crippen molar-refractivity contribution in [2.75, 3.05) is 5.32 Å². The van der Waals surface area contributed by atoms with Gasteiger partial charge in [-0.1, -0.05) is 6.07 Å². The fourth-order valence-electron chi connectivity index (χ4n) is 3.22. The molecular weight excluding hydrogens is 366 g/mol. The summed E-state index contributed by atoms with van der Waals surface area (Å²) in [6.07, 6.45) is 7.30. The highest BCUT2D eigenvalue weighted by Gasteiger charge is 2.14. The molecule has 0 aliphatic heterocycles. The van der Waals surface area contributed by atoms with E-state index < -0.39 is 0 Å². The molecule has 0 radical (unpaired) electrons. The number of nitrogens with zero attached hydrogens (tertiary/aromatic N) is 8. The van der Waals surface area contributed by atoms with Crippen LogP contribution in [0.2, 0.25) is 0 Å². The van der Waals surface area contributed by atoms with Crippen molar-refractivity contribution in [3.05, 3.63) is 72.6 Å². The highest BCUT2D eigenvalue weighted by molar-refractivity contribution is 5.66. The Kier molecular flexibility index (Phi) is 4.05. The average Bonchev–Trinajstić information content (AvgIpc) is 3.45. The Labute approximate surface area is 166 Å². The van der Waals surface area contributed by atoms with Gasteiger partial charge in [-0.3, -0.25) is 4.68 Å². The van der Waals surface area contributed by atoms with Crippen molar-refractivity contribution in [2.24, 2.45) is 7.05 Å². The number of pyridine rings is 2. The van der Waals surface area contributed by atoms with Gasteiger partial charge in [0.05, 0.1) is 11.9 Å². The Bertz CT molecular complexity index is 1290. The van der Waals surface area contributed by atoms with Crippen LogP contribution in [0.15, 0.2) is 61.3 Å². The molecule has 0 saturated carbocycles. The third kappa shape index (κ3) is 3.33. The van der Waals surface area contributed by atoms with Crippen LogP contribution in [0, 0.1) is 6.92 Å². The van der Waals surface area contributed by atoms with E-state index in [1.807, 2.05) is 73.6 Å². The molecule has 0 fully saturated rings. The number of nitrogens with one attached hydrogen (secondary N) is 1. The average molecular weight is 385 g/mol. The number of aryl methyl sites for hydroxylation is 2. The molecule has 0 saturated heterocycles. The molecule has 0 aliphatic carbocycles. The van der Waals surface area contributed by atoms with Gasteiger partial charge in [-0.2, -0.15) is 10.2 Å². The van der Waals surface area contributed by atoms with E-state index in [4.69, 9.17) is 5.10 Å². The first-order valence-corrected chi connectivity index (χ1v) is 9.21. The zero-order valence-electron chi connectivity index (χ0n) is 16.1. The predicted octanol–water partition coefficient (Wildman–Crippen LogP) is 2.63. The van der Waals surface area contributed by atoms with Crippen molar-refractivity contribution < 1.29 is 0 Å². The summed E-state index contributed by atoms with van der Waals surface area (Å²) in [5.74, 6) is 1.51. The number of aromatic nitrogens is 8. The predicted molar refractivity (Wildman–Crippen MR) is 109 cm³/mol. The van der Waals surface area contributed by atoms with Crippen LogP contribution in [-0.2, 0) is 13.6 Å². The van der Waals surface area contributed by atoms with Crippen molar-refractivity contribution in [2.45, 2.75) is 13.5 Å². The number of hydrogen-bond donors (Lipinski definition) is 1. The van der Waals surface area contributed by atoms with Gasteiger partial charge in [0.1, 0.15) is 12.1 Å². The Hall–Kier alpha value is -4.01. The summed E-state index contributed by atoms with van der Waals surface area (Å²) in [5, 5.41) is 16.6. The minimum absolute atomic E-state index is 0.633. The number of anilines is 1. The van der Waals surface area contributed by atoms with Crippen LogP contribution < -0.4 is 5.32 Å². The van der Waals surface area contributed by atoms with E-state index in [2.05, 4.69) is 25.5 Å². The third-order valence-electron chi connectivity index (χ3n) is 4.60. The summed E-state index contributed by atoms with van der Waals surface area (Å²) in [6, 6.07) is 11.9. The Morgan fingerprint density at radius 1 is 1.07 bits per heavy atom. The molecule has 0 aliphatic rings. The monoisotopic (exact) mass is 385 g/mol. The van der Waals surface area contributed by atoms with Crippen molar-refractivity contribution in [3.8, 4) is 17.1 Å². The summed E-state index contributed by atoms with van der Waals surface area (Å²) in [6.45, 7) is 2.60. The van der Waals surface area contributed by atoms with Gasteiger partial charge < -0.3 is 5.32 Å². The maximum absolute atomic E-state index is 4.76. The number of rotatable bonds is 5. The van der Waals surface area contributed by atoms with Gasteiger partial charge in [0.15, 0.2) is 11.5 Å². The highest BCUT2D eigenvalue weighted by atomic mass is 15.4. The van der Waals surface area contributed by atoms with Gasteiger partial charge in [0.2, 0.25) is 0 Å². The smallest absolute Gasteiger partial charge is 0.155 e. The molecule has 0 aromatic carbocycles. The standard InChI is InChI=1S/C20H19N9/c1-14-4-3-5-20(25-14)29-17(16-6-7-19-22-13-24-28(19)12-16)8-18(26-29)21-9-15-10-23-27(2)11-15/h3-8,10-13H,9H2,1-2H3,(H,21,26). The Balaban J connectivity index is 1.56. The minimum atomic E-state index is 0.633. The molecule has 0 spiro atoms. The van der Waals surface area contributed by atoms with Crippen molar-refractivity contribution in [1.82, 2.24) is 39.1 Å². The quantitative estimate of drug-likeness (QED) is 0.500. The van der Waals surface area contributed by atoms with Gasteiger partial charge in [0.25, 0.3) is 0 Å². The Morgan fingerprint density at radius 3 is 2.83 bits per heavy atom. The molecule has 1 N–H and O–H groups in total. The SMILES string of the molecule is Cc1cccc(-n2nc(NCc3cnn(C)c3)cc2-c2ccc3ncnn3c2)n1. The lowest BCUT2D eigenvalue weighted by Crippen LogP contribution is -2.04. The van der Waals surface area contributed by atoms with Crippen LogP contribution >= 0.6 is 0 Å². The van der Waals surface area contributed by atoms with Crippen LogP contribution in [0.25, 0.3) is 22.7 Å². The van der Waals surface area contributed by atoms with Gasteiger partial charge in [-0.05, 0) is 31.2 Å². The minimum Gasteiger partial charge on any atom is -0.364 e. The molecule has 9 heteroatoms. The molecule has 5 rings (SSSR count). The lowest BCUT2D eigenvalue weighted by Gasteiger charge is -2.07. The molecule has 9 nitrogen and oxygen atoms in total. The maximum Gasteiger partial charge on any atom is 0.155 e. The molecule has 29 heavy (non-hydrogen) atoms. The first kappa shape index (κ1) is 17.1. The second-order valence-corrected chi connectivity index (χ2v) is 6.82. The van der Waals surface area contributed by atoms with E-state index in [9.17, 15) is 0 Å². The highest BCUT2D eigenvalue weighted by Crippen LogP contribution is 2.26. The fraction of sp³-hybridized carbons (Fsp3) is 0.150. The van der Waals surface area contributed by atoms with Crippen molar-refractivity contribution in [3.63, 3.8) is 0 Å². The molecule has 0 unspecified atom stereocenters. The van der Waals surface area contributed by atoms with E-state index in [0.29, 0.717) is 6.54 Å². The van der Waals surface area contributed by atoms with Crippen LogP contribution in [-0.4, -0.2) is 39.1 Å². The largest absolute Gasteiger partial charge is 0.364 e. The summed E-state index contributed by atoms with van der Waals surface area (Å²) in [4.78, 5) is 8.85. The number of hydrogen-bond acceptors (Lipinski definition) is 6. The van der Waals surface area contributed by atoms with Crippen molar-refractivity contribution >= 4 is 11.5 Å².